The molecular weight excluding hydrogens is 444 g/mol. The molecule has 0 aromatic heterocycles. The molecule has 0 heteroatoms. The zero-order valence-corrected chi connectivity index (χ0v) is 24.7. The maximum absolute atomic E-state index is 4.49. The Labute approximate surface area is 229 Å². The molecule has 0 bridgehead atoms. The smallest absolute Gasteiger partial charge is 0.00671 e. The topological polar surface area (TPSA) is 0 Å². The highest BCUT2D eigenvalue weighted by Crippen LogP contribution is 2.34. The number of hydrogen-bond donors (Lipinski definition) is 0. The highest BCUT2D eigenvalue weighted by atomic mass is 14.3. The van der Waals surface area contributed by atoms with Gasteiger partial charge in [0.2, 0.25) is 0 Å². The Bertz CT molecular complexity index is 1010. The van der Waals surface area contributed by atoms with Crippen molar-refractivity contribution in [1.82, 2.24) is 0 Å². The lowest BCUT2D eigenvalue weighted by Gasteiger charge is -2.30. The van der Waals surface area contributed by atoms with Crippen molar-refractivity contribution >= 4 is 0 Å². The van der Waals surface area contributed by atoms with Gasteiger partial charge < -0.3 is 0 Å². The van der Waals surface area contributed by atoms with Gasteiger partial charge in [0, 0.05) is 0 Å². The molecule has 0 nitrogen and oxygen atoms in total. The van der Waals surface area contributed by atoms with Crippen LogP contribution in [0, 0.1) is 17.3 Å². The minimum Gasteiger partial charge on any atom is -0.0992 e. The molecule has 0 N–H and O–H groups in total. The molecule has 200 valence electrons. The van der Waals surface area contributed by atoms with Crippen molar-refractivity contribution in [2.75, 3.05) is 0 Å². The van der Waals surface area contributed by atoms with Gasteiger partial charge >= 0.3 is 0 Å². The minimum absolute atomic E-state index is 0.283. The highest BCUT2D eigenvalue weighted by molar-refractivity contribution is 5.29. The average molecular weight is 497 g/mol. The van der Waals surface area contributed by atoms with Crippen LogP contribution in [0.15, 0.2) is 97.1 Å². The third kappa shape index (κ3) is 9.99. The summed E-state index contributed by atoms with van der Waals surface area (Å²) in [6, 6.07) is 18.8. The summed E-state index contributed by atoms with van der Waals surface area (Å²) in [4.78, 5) is 0. The summed E-state index contributed by atoms with van der Waals surface area (Å²) >= 11 is 0. The standard InChI is InChI=1S/C37H52/c1-9-14-15-32(12-4)25-29(6)36(13-5)30(7)26-33-18-22-35(23-19-33)28-37(8,24-10-2)27-34-20-16-31(11-3)17-21-34/h9,12,14-23,30,36H,4,6,10-11,13,24-28H2,1-3,5,7-8H3. The van der Waals surface area contributed by atoms with Gasteiger partial charge in [-0.1, -0.05) is 133 Å². The molecular formula is C37H52. The Kier molecular flexibility index (Phi) is 12.9. The quantitative estimate of drug-likeness (QED) is 0.160. The summed E-state index contributed by atoms with van der Waals surface area (Å²) in [5.41, 5.74) is 8.63. The van der Waals surface area contributed by atoms with Gasteiger partial charge in [0.25, 0.3) is 0 Å². The fourth-order valence-corrected chi connectivity index (χ4v) is 5.93. The van der Waals surface area contributed by atoms with Crippen molar-refractivity contribution in [2.24, 2.45) is 17.3 Å². The van der Waals surface area contributed by atoms with E-state index in [1.807, 2.05) is 13.0 Å². The lowest BCUT2D eigenvalue weighted by molar-refractivity contribution is 0.288. The summed E-state index contributed by atoms with van der Waals surface area (Å²) in [7, 11) is 0. The van der Waals surface area contributed by atoms with E-state index in [0.717, 1.165) is 38.5 Å². The second-order valence-corrected chi connectivity index (χ2v) is 11.4. The van der Waals surface area contributed by atoms with Crippen LogP contribution in [0.3, 0.4) is 0 Å². The average Bonchev–Trinajstić information content (AvgIpc) is 2.88. The Balaban J connectivity index is 2.05. The molecule has 0 spiro atoms. The molecule has 2 aromatic carbocycles. The predicted molar refractivity (Wildman–Crippen MR) is 166 cm³/mol. The van der Waals surface area contributed by atoms with E-state index < -0.39 is 0 Å². The van der Waals surface area contributed by atoms with E-state index in [-0.39, 0.29) is 5.41 Å². The maximum atomic E-state index is 4.49. The van der Waals surface area contributed by atoms with Crippen LogP contribution < -0.4 is 0 Å². The minimum atomic E-state index is 0.283. The Morgan fingerprint density at radius 1 is 0.892 bits per heavy atom. The van der Waals surface area contributed by atoms with E-state index in [1.54, 1.807) is 0 Å². The molecule has 0 aliphatic carbocycles. The van der Waals surface area contributed by atoms with Crippen molar-refractivity contribution in [1.29, 1.82) is 0 Å². The first-order chi connectivity index (χ1) is 17.8. The van der Waals surface area contributed by atoms with Crippen molar-refractivity contribution < 1.29 is 0 Å². The zero-order valence-electron chi connectivity index (χ0n) is 24.7. The molecule has 0 heterocycles. The van der Waals surface area contributed by atoms with Crippen LogP contribution in [0.1, 0.15) is 89.5 Å². The van der Waals surface area contributed by atoms with Gasteiger partial charge in [0.1, 0.15) is 0 Å². The second kappa shape index (κ2) is 15.6. The first-order valence-electron chi connectivity index (χ1n) is 14.5. The molecule has 0 radical (unpaired) electrons. The van der Waals surface area contributed by atoms with Crippen LogP contribution in [0.25, 0.3) is 0 Å². The second-order valence-electron chi connectivity index (χ2n) is 11.4. The summed E-state index contributed by atoms with van der Waals surface area (Å²) in [6.07, 6.45) is 17.2. The van der Waals surface area contributed by atoms with Crippen LogP contribution in [0.2, 0.25) is 0 Å². The lowest BCUT2D eigenvalue weighted by Crippen LogP contribution is -2.23. The van der Waals surface area contributed by atoms with E-state index in [2.05, 4.69) is 115 Å². The van der Waals surface area contributed by atoms with Gasteiger partial charge in [-0.15, -0.1) is 0 Å². The van der Waals surface area contributed by atoms with E-state index in [0.29, 0.717) is 11.8 Å². The normalized spacial score (nSPS) is 15.4. The van der Waals surface area contributed by atoms with Crippen LogP contribution >= 0.6 is 0 Å². The molecule has 0 aliphatic heterocycles. The molecule has 0 saturated heterocycles. The number of allylic oxidation sites excluding steroid dienone is 6. The fraction of sp³-hybridized carbons (Fsp3) is 0.459. The fourth-order valence-electron chi connectivity index (χ4n) is 5.93. The van der Waals surface area contributed by atoms with E-state index in [9.17, 15) is 0 Å². The number of aryl methyl sites for hydroxylation is 1. The Morgan fingerprint density at radius 2 is 1.43 bits per heavy atom. The number of rotatable bonds is 16. The van der Waals surface area contributed by atoms with Crippen LogP contribution in [-0.2, 0) is 25.7 Å². The van der Waals surface area contributed by atoms with Gasteiger partial charge in [0.05, 0.1) is 0 Å². The molecule has 0 amide bonds. The van der Waals surface area contributed by atoms with Gasteiger partial charge in [0.15, 0.2) is 0 Å². The molecule has 0 saturated carbocycles. The van der Waals surface area contributed by atoms with E-state index >= 15 is 0 Å². The highest BCUT2D eigenvalue weighted by Gasteiger charge is 2.25. The molecule has 0 aliphatic rings. The lowest BCUT2D eigenvalue weighted by atomic mass is 9.75. The van der Waals surface area contributed by atoms with E-state index in [1.165, 1.54) is 46.2 Å². The maximum Gasteiger partial charge on any atom is -0.00671 e. The summed E-state index contributed by atoms with van der Waals surface area (Å²) < 4.78 is 0. The van der Waals surface area contributed by atoms with Gasteiger partial charge in [-0.2, -0.15) is 0 Å². The number of hydrogen-bond acceptors (Lipinski definition) is 0. The molecule has 2 rings (SSSR count). The number of benzene rings is 2. The van der Waals surface area contributed by atoms with Crippen LogP contribution in [0.5, 0.6) is 0 Å². The largest absolute Gasteiger partial charge is 0.0992 e. The molecule has 2 aromatic rings. The first kappa shape index (κ1) is 30.6. The molecule has 37 heavy (non-hydrogen) atoms. The monoisotopic (exact) mass is 496 g/mol. The molecule has 0 fully saturated rings. The van der Waals surface area contributed by atoms with Crippen molar-refractivity contribution in [3.05, 3.63) is 119 Å². The van der Waals surface area contributed by atoms with Gasteiger partial charge in [-0.05, 0) is 96.9 Å². The first-order valence-corrected chi connectivity index (χ1v) is 14.5. The van der Waals surface area contributed by atoms with E-state index in [4.69, 9.17) is 0 Å². The van der Waals surface area contributed by atoms with Crippen molar-refractivity contribution in [3.63, 3.8) is 0 Å². The Hall–Kier alpha value is -2.60. The summed E-state index contributed by atoms with van der Waals surface area (Å²) in [5, 5.41) is 0. The third-order valence-corrected chi connectivity index (χ3v) is 7.97. The van der Waals surface area contributed by atoms with Crippen molar-refractivity contribution in [3.8, 4) is 0 Å². The Morgan fingerprint density at radius 3 is 1.89 bits per heavy atom. The third-order valence-electron chi connectivity index (χ3n) is 7.97. The predicted octanol–water partition coefficient (Wildman–Crippen LogP) is 10.7. The van der Waals surface area contributed by atoms with Crippen LogP contribution in [-0.4, -0.2) is 0 Å². The van der Waals surface area contributed by atoms with Gasteiger partial charge in [-0.25, -0.2) is 0 Å². The zero-order chi connectivity index (χ0) is 27.3. The molecule has 3 unspecified atom stereocenters. The van der Waals surface area contributed by atoms with Gasteiger partial charge in [-0.3, -0.25) is 0 Å². The molecule has 3 atom stereocenters. The summed E-state index contributed by atoms with van der Waals surface area (Å²) in [6.45, 7) is 22.2. The van der Waals surface area contributed by atoms with Crippen molar-refractivity contribution in [2.45, 2.75) is 92.9 Å². The summed E-state index contributed by atoms with van der Waals surface area (Å²) in [5.74, 6) is 1.08. The SMILES string of the molecule is C=CC(=CC=CC)CC(=C)C(CC)C(C)Cc1ccc(CC(C)(CCC)Cc2ccc(CC)cc2)cc1. The van der Waals surface area contributed by atoms with Crippen LogP contribution in [0.4, 0.5) is 0 Å².